The molecule has 0 aromatic carbocycles. The first kappa shape index (κ1) is 17.2. The van der Waals surface area contributed by atoms with Crippen LogP contribution in [-0.2, 0) is 14.2 Å². The minimum absolute atomic E-state index is 0.458. The highest BCUT2D eigenvalue weighted by molar-refractivity contribution is 6.61. The van der Waals surface area contributed by atoms with Gasteiger partial charge < -0.3 is 19.3 Å². The van der Waals surface area contributed by atoms with Crippen molar-refractivity contribution < 1.29 is 33.7 Å². The normalized spacial score (nSPS) is 10.7. The van der Waals surface area contributed by atoms with Crippen LogP contribution in [0.1, 0.15) is 0 Å². The van der Waals surface area contributed by atoms with Gasteiger partial charge in [-0.2, -0.15) is 0 Å². The lowest BCUT2D eigenvalue weighted by Gasteiger charge is -2.28. The fourth-order valence-electron chi connectivity index (χ4n) is 0.891. The van der Waals surface area contributed by atoms with Gasteiger partial charge in [0.05, 0.1) is 12.0 Å². The molecule has 0 heterocycles. The first-order chi connectivity index (χ1) is 8.31. The van der Waals surface area contributed by atoms with E-state index in [9.17, 15) is 19.5 Å². The molecule has 0 amide bonds. The molecule has 18 heavy (non-hydrogen) atoms. The number of hydrogen-bond acceptors (Lipinski definition) is 7. The van der Waals surface area contributed by atoms with Crippen molar-refractivity contribution in [3.63, 3.8) is 0 Å². The van der Waals surface area contributed by atoms with Gasteiger partial charge in [-0.05, 0) is 0 Å². The van der Waals surface area contributed by atoms with Gasteiger partial charge in [-0.15, -0.1) is 0 Å². The Kier molecular flexibility index (Phi) is 8.01. The Morgan fingerprint density at radius 3 is 1.28 bits per heavy atom. The highest BCUT2D eigenvalue weighted by atomic mass is 35.5. The zero-order valence-electron chi connectivity index (χ0n) is 8.86. The second-order valence-corrected chi connectivity index (χ2v) is 4.16. The largest absolute Gasteiger partial charge is 0.453 e. The minimum atomic E-state index is -1.39. The van der Waals surface area contributed by atoms with Crippen LogP contribution in [0.4, 0.5) is 14.4 Å². The first-order valence-electron chi connectivity index (χ1n) is 4.39. The molecule has 0 aliphatic carbocycles. The molecule has 7 nitrogen and oxygen atoms in total. The molecule has 10 heteroatoms. The fraction of sp³-hybridized carbons (Fsp3) is 0.625. The van der Waals surface area contributed by atoms with E-state index < -0.39 is 48.1 Å². The van der Waals surface area contributed by atoms with Gasteiger partial charge >= 0.3 is 16.3 Å². The molecule has 0 saturated heterocycles. The molecule has 1 N–H and O–H groups in total. The molecule has 0 atom stereocenters. The molecule has 0 aromatic heterocycles. The molecule has 104 valence electrons. The van der Waals surface area contributed by atoms with E-state index >= 15 is 0 Å². The Labute approximate surface area is 117 Å². The SMILES string of the molecule is O=C(Cl)OCC(CO)(COC(=O)Cl)COC(=O)Cl. The molecular weight excluding hydrogens is 314 g/mol. The summed E-state index contributed by atoms with van der Waals surface area (Å²) in [7, 11) is 0. The number of carbonyl (C=O) groups is 3. The lowest BCUT2D eigenvalue weighted by atomic mass is 9.92. The summed E-state index contributed by atoms with van der Waals surface area (Å²) in [6, 6.07) is 0. The summed E-state index contributed by atoms with van der Waals surface area (Å²) < 4.78 is 13.4. The molecule has 0 bridgehead atoms. The monoisotopic (exact) mass is 322 g/mol. The molecule has 0 radical (unpaired) electrons. The molecule has 0 unspecified atom stereocenters. The summed E-state index contributed by atoms with van der Waals surface area (Å²) in [4.78, 5) is 31.4. The van der Waals surface area contributed by atoms with Crippen LogP contribution in [0.15, 0.2) is 0 Å². The van der Waals surface area contributed by atoms with Crippen molar-refractivity contribution in [2.45, 2.75) is 0 Å². The van der Waals surface area contributed by atoms with Crippen molar-refractivity contribution >= 4 is 51.1 Å². The van der Waals surface area contributed by atoms with Crippen molar-refractivity contribution in [3.05, 3.63) is 0 Å². The summed E-state index contributed by atoms with van der Waals surface area (Å²) in [5, 5.41) is 9.21. The number of aliphatic hydroxyl groups is 1. The van der Waals surface area contributed by atoms with E-state index in [0.717, 1.165) is 0 Å². The van der Waals surface area contributed by atoms with Crippen LogP contribution >= 0.6 is 34.8 Å². The van der Waals surface area contributed by atoms with Gasteiger partial charge in [-0.25, -0.2) is 14.4 Å². The lowest BCUT2D eigenvalue weighted by molar-refractivity contribution is -0.0355. The van der Waals surface area contributed by atoms with E-state index in [4.69, 9.17) is 34.8 Å². The Morgan fingerprint density at radius 2 is 1.11 bits per heavy atom. The second kappa shape index (κ2) is 8.36. The van der Waals surface area contributed by atoms with Crippen LogP contribution in [0.25, 0.3) is 0 Å². The molecule has 0 aliphatic rings. The number of carbonyl (C=O) groups excluding carboxylic acids is 3. The topological polar surface area (TPSA) is 99.1 Å². The highest BCUT2D eigenvalue weighted by Gasteiger charge is 2.35. The summed E-state index contributed by atoms with van der Waals surface area (Å²) in [5.41, 5.74) is -4.80. The second-order valence-electron chi connectivity index (χ2n) is 3.24. The van der Waals surface area contributed by atoms with Crippen molar-refractivity contribution in [1.29, 1.82) is 0 Å². The van der Waals surface area contributed by atoms with Crippen molar-refractivity contribution in [2.24, 2.45) is 5.41 Å². The van der Waals surface area contributed by atoms with Gasteiger partial charge in [0.15, 0.2) is 0 Å². The van der Waals surface area contributed by atoms with E-state index in [0.29, 0.717) is 0 Å². The standard InChI is InChI=1S/C8H9Cl3O7/c9-5(13)16-2-8(1-12,3-17-6(10)14)4-18-7(11)15/h12H,1-4H2. The van der Waals surface area contributed by atoms with Gasteiger partial charge in [0.1, 0.15) is 19.8 Å². The molecule has 0 rings (SSSR count). The summed E-state index contributed by atoms with van der Waals surface area (Å²) in [6.07, 6.45) is 0. The maximum absolute atomic E-state index is 10.5. The Hall–Kier alpha value is -0.760. The molecule has 0 fully saturated rings. The summed E-state index contributed by atoms with van der Waals surface area (Å²) in [6.45, 7) is -2.01. The number of hydrogen-bond donors (Lipinski definition) is 1. The van der Waals surface area contributed by atoms with E-state index in [1.165, 1.54) is 0 Å². The maximum atomic E-state index is 10.5. The first-order valence-corrected chi connectivity index (χ1v) is 5.52. The van der Waals surface area contributed by atoms with Crippen LogP contribution in [0, 0.1) is 5.41 Å². The number of halogens is 3. The van der Waals surface area contributed by atoms with Gasteiger partial charge in [0, 0.05) is 34.8 Å². The van der Waals surface area contributed by atoms with Gasteiger partial charge in [0.2, 0.25) is 0 Å². The van der Waals surface area contributed by atoms with Crippen molar-refractivity contribution in [2.75, 3.05) is 26.4 Å². The minimum Gasteiger partial charge on any atom is -0.453 e. The van der Waals surface area contributed by atoms with Gasteiger partial charge in [0.25, 0.3) is 0 Å². The third kappa shape index (κ3) is 7.54. The van der Waals surface area contributed by atoms with E-state index in [1.54, 1.807) is 0 Å². The van der Waals surface area contributed by atoms with Crippen molar-refractivity contribution in [1.82, 2.24) is 0 Å². The third-order valence-corrected chi connectivity index (χ3v) is 2.14. The summed E-state index contributed by atoms with van der Waals surface area (Å²) >= 11 is 14.9. The summed E-state index contributed by atoms with van der Waals surface area (Å²) in [5.74, 6) is 0. The molecule has 0 saturated carbocycles. The molecule has 0 spiro atoms. The molecular formula is C8H9Cl3O7. The molecule has 0 aliphatic heterocycles. The Bertz CT molecular complexity index is 274. The van der Waals surface area contributed by atoms with E-state index in [1.807, 2.05) is 0 Å². The fourth-order valence-corrected chi connectivity index (χ4v) is 1.06. The predicted molar refractivity (Wildman–Crippen MR) is 61.1 cm³/mol. The zero-order valence-corrected chi connectivity index (χ0v) is 11.1. The van der Waals surface area contributed by atoms with Gasteiger partial charge in [-0.3, -0.25) is 0 Å². The van der Waals surface area contributed by atoms with Crippen LogP contribution in [0.5, 0.6) is 0 Å². The zero-order chi connectivity index (χ0) is 14.2. The maximum Gasteiger partial charge on any atom is 0.403 e. The predicted octanol–water partition coefficient (Wildman–Crippen LogP) is 2.09. The number of ether oxygens (including phenoxy) is 3. The Morgan fingerprint density at radius 1 is 0.833 bits per heavy atom. The average Bonchev–Trinajstić information content (AvgIpc) is 2.28. The quantitative estimate of drug-likeness (QED) is 0.565. The van der Waals surface area contributed by atoms with Crippen LogP contribution in [0.3, 0.4) is 0 Å². The van der Waals surface area contributed by atoms with Crippen LogP contribution in [-0.4, -0.2) is 47.8 Å². The Balaban J connectivity index is 4.63. The molecule has 0 aromatic rings. The van der Waals surface area contributed by atoms with Crippen LogP contribution < -0.4 is 0 Å². The van der Waals surface area contributed by atoms with E-state index in [-0.39, 0.29) is 0 Å². The van der Waals surface area contributed by atoms with E-state index in [2.05, 4.69) is 14.2 Å². The smallest absolute Gasteiger partial charge is 0.403 e. The lowest BCUT2D eigenvalue weighted by Crippen LogP contribution is -2.41. The van der Waals surface area contributed by atoms with Crippen LogP contribution in [0.2, 0.25) is 0 Å². The average molecular weight is 324 g/mol. The number of aliphatic hydroxyl groups excluding tert-OH is 1. The third-order valence-electron chi connectivity index (χ3n) is 1.81. The number of rotatable bonds is 7. The van der Waals surface area contributed by atoms with Gasteiger partial charge in [-0.1, -0.05) is 0 Å². The highest BCUT2D eigenvalue weighted by Crippen LogP contribution is 2.20. The van der Waals surface area contributed by atoms with Crippen molar-refractivity contribution in [3.8, 4) is 0 Å².